The second-order valence-corrected chi connectivity index (χ2v) is 6.72. The van der Waals surface area contributed by atoms with Crippen molar-refractivity contribution in [3.63, 3.8) is 0 Å². The zero-order valence-corrected chi connectivity index (χ0v) is 15.6. The molecule has 1 N–H and O–H groups in total. The Morgan fingerprint density at radius 2 is 1.72 bits per heavy atom. The molecule has 3 aromatic rings. The van der Waals surface area contributed by atoms with E-state index in [0.717, 1.165) is 17.1 Å². The van der Waals surface area contributed by atoms with E-state index >= 15 is 0 Å². The number of hydrogen-bond donors (Lipinski definition) is 1. The molecular formula is C19H17Cl2N3O. The van der Waals surface area contributed by atoms with Crippen LogP contribution in [0.25, 0.3) is 5.69 Å². The van der Waals surface area contributed by atoms with Gasteiger partial charge < -0.3 is 5.32 Å². The number of anilines is 1. The van der Waals surface area contributed by atoms with Crippen LogP contribution in [0, 0.1) is 20.8 Å². The first-order valence-electron chi connectivity index (χ1n) is 7.76. The summed E-state index contributed by atoms with van der Waals surface area (Å²) in [6.07, 6.45) is 0. The molecule has 2 aromatic carbocycles. The molecule has 0 spiro atoms. The summed E-state index contributed by atoms with van der Waals surface area (Å²) in [5.41, 5.74) is 4.68. The molecule has 6 heteroatoms. The molecule has 4 nitrogen and oxygen atoms in total. The molecule has 1 aromatic heterocycles. The van der Waals surface area contributed by atoms with Gasteiger partial charge in [-0.2, -0.15) is 5.10 Å². The summed E-state index contributed by atoms with van der Waals surface area (Å²) >= 11 is 12.1. The normalized spacial score (nSPS) is 10.8. The van der Waals surface area contributed by atoms with Crippen molar-refractivity contribution in [2.24, 2.45) is 0 Å². The third kappa shape index (κ3) is 3.55. The van der Waals surface area contributed by atoms with Crippen LogP contribution in [-0.2, 0) is 0 Å². The second kappa shape index (κ2) is 6.90. The van der Waals surface area contributed by atoms with Gasteiger partial charge in [-0.3, -0.25) is 4.79 Å². The van der Waals surface area contributed by atoms with Crippen molar-refractivity contribution in [2.75, 3.05) is 5.32 Å². The molecule has 0 fully saturated rings. The molecule has 0 aliphatic heterocycles. The summed E-state index contributed by atoms with van der Waals surface area (Å²) in [5, 5.41) is 8.25. The molecule has 3 rings (SSSR count). The number of benzene rings is 2. The smallest absolute Gasteiger partial charge is 0.257 e. The summed E-state index contributed by atoms with van der Waals surface area (Å²) in [6.45, 7) is 5.80. The van der Waals surface area contributed by atoms with Crippen molar-refractivity contribution >= 4 is 34.8 Å². The highest BCUT2D eigenvalue weighted by molar-refractivity contribution is 6.36. The third-order valence-electron chi connectivity index (χ3n) is 3.98. The van der Waals surface area contributed by atoms with Gasteiger partial charge in [0.1, 0.15) is 0 Å². The summed E-state index contributed by atoms with van der Waals surface area (Å²) < 4.78 is 1.81. The van der Waals surface area contributed by atoms with Gasteiger partial charge in [-0.25, -0.2) is 4.68 Å². The maximum absolute atomic E-state index is 12.6. The van der Waals surface area contributed by atoms with E-state index in [2.05, 4.69) is 10.4 Å². The number of nitrogens with one attached hydrogen (secondary N) is 1. The predicted octanol–water partition coefficient (Wildman–Crippen LogP) is 5.36. The van der Waals surface area contributed by atoms with Gasteiger partial charge in [-0.15, -0.1) is 0 Å². The van der Waals surface area contributed by atoms with Gasteiger partial charge in [0.15, 0.2) is 0 Å². The van der Waals surface area contributed by atoms with Crippen molar-refractivity contribution < 1.29 is 4.79 Å². The van der Waals surface area contributed by atoms with E-state index in [-0.39, 0.29) is 5.91 Å². The van der Waals surface area contributed by atoms with E-state index in [1.807, 2.05) is 49.7 Å². The van der Waals surface area contributed by atoms with E-state index in [4.69, 9.17) is 23.2 Å². The van der Waals surface area contributed by atoms with Crippen LogP contribution in [0.1, 0.15) is 27.3 Å². The topological polar surface area (TPSA) is 46.9 Å². The van der Waals surface area contributed by atoms with Crippen molar-refractivity contribution in [3.8, 4) is 5.69 Å². The van der Waals surface area contributed by atoms with Crippen LogP contribution in [0.2, 0.25) is 10.0 Å². The summed E-state index contributed by atoms with van der Waals surface area (Å²) in [7, 11) is 0. The van der Waals surface area contributed by atoms with Gasteiger partial charge in [-0.1, -0.05) is 40.9 Å². The molecule has 0 radical (unpaired) electrons. The Balaban J connectivity index is 1.94. The molecule has 25 heavy (non-hydrogen) atoms. The lowest BCUT2D eigenvalue weighted by Crippen LogP contribution is -2.13. The molecule has 0 saturated heterocycles. The van der Waals surface area contributed by atoms with Crippen molar-refractivity contribution in [2.45, 2.75) is 20.8 Å². The molecule has 1 heterocycles. The standard InChI is InChI=1S/C19H17Cl2N3O/c1-11-4-7-15(8-5-11)24-13(3)18(12(2)23-24)22-19(25)16-10-14(20)6-9-17(16)21/h4-10H,1-3H3,(H,22,25). The number of halogens is 2. The number of nitrogens with zero attached hydrogens (tertiary/aromatic N) is 2. The van der Waals surface area contributed by atoms with E-state index in [0.29, 0.717) is 21.3 Å². The Bertz CT molecular complexity index is 946. The minimum atomic E-state index is -0.317. The maximum atomic E-state index is 12.6. The van der Waals surface area contributed by atoms with Crippen LogP contribution in [0.3, 0.4) is 0 Å². The number of aromatic nitrogens is 2. The number of hydrogen-bond acceptors (Lipinski definition) is 2. The number of rotatable bonds is 3. The Morgan fingerprint density at radius 3 is 2.40 bits per heavy atom. The molecule has 128 valence electrons. The predicted molar refractivity (Wildman–Crippen MR) is 102 cm³/mol. The van der Waals surface area contributed by atoms with Crippen LogP contribution in [0.5, 0.6) is 0 Å². The van der Waals surface area contributed by atoms with Crippen LogP contribution < -0.4 is 5.32 Å². The van der Waals surface area contributed by atoms with E-state index in [1.54, 1.807) is 18.2 Å². The van der Waals surface area contributed by atoms with Crippen LogP contribution in [0.15, 0.2) is 42.5 Å². The molecule has 0 bridgehead atoms. The SMILES string of the molecule is Cc1ccc(-n2nc(C)c(NC(=O)c3cc(Cl)ccc3Cl)c2C)cc1. The van der Waals surface area contributed by atoms with Crippen molar-refractivity contribution in [1.29, 1.82) is 0 Å². The number of amides is 1. The molecule has 0 saturated carbocycles. The van der Waals surface area contributed by atoms with Gasteiger partial charge in [0.05, 0.1) is 33.3 Å². The van der Waals surface area contributed by atoms with Crippen molar-refractivity contribution in [3.05, 3.63) is 75.0 Å². The van der Waals surface area contributed by atoms with Gasteiger partial charge >= 0.3 is 0 Å². The average Bonchev–Trinajstić information content (AvgIpc) is 2.86. The van der Waals surface area contributed by atoms with E-state index in [9.17, 15) is 4.79 Å². The first-order valence-corrected chi connectivity index (χ1v) is 8.52. The van der Waals surface area contributed by atoms with Crippen LogP contribution >= 0.6 is 23.2 Å². The highest BCUT2D eigenvalue weighted by Gasteiger charge is 2.18. The molecule has 0 atom stereocenters. The molecule has 0 aliphatic rings. The lowest BCUT2D eigenvalue weighted by atomic mass is 10.2. The number of carbonyl (C=O) groups excluding carboxylic acids is 1. The summed E-state index contributed by atoms with van der Waals surface area (Å²) in [5.74, 6) is -0.317. The van der Waals surface area contributed by atoms with Crippen LogP contribution in [-0.4, -0.2) is 15.7 Å². The lowest BCUT2D eigenvalue weighted by Gasteiger charge is -2.09. The zero-order chi connectivity index (χ0) is 18.1. The minimum Gasteiger partial charge on any atom is -0.319 e. The van der Waals surface area contributed by atoms with Gasteiger partial charge in [0, 0.05) is 5.02 Å². The highest BCUT2D eigenvalue weighted by Crippen LogP contribution is 2.26. The fraction of sp³-hybridized carbons (Fsp3) is 0.158. The Labute approximate surface area is 156 Å². The highest BCUT2D eigenvalue weighted by atomic mass is 35.5. The largest absolute Gasteiger partial charge is 0.319 e. The van der Waals surface area contributed by atoms with Crippen LogP contribution in [0.4, 0.5) is 5.69 Å². The maximum Gasteiger partial charge on any atom is 0.257 e. The second-order valence-electron chi connectivity index (χ2n) is 5.87. The fourth-order valence-corrected chi connectivity index (χ4v) is 2.99. The molecule has 0 aliphatic carbocycles. The Hall–Kier alpha value is -2.30. The summed E-state index contributed by atoms with van der Waals surface area (Å²) in [4.78, 5) is 12.6. The van der Waals surface area contributed by atoms with Gasteiger partial charge in [0.25, 0.3) is 5.91 Å². The Kier molecular flexibility index (Phi) is 4.84. The van der Waals surface area contributed by atoms with Gasteiger partial charge in [-0.05, 0) is 51.1 Å². The molecule has 1 amide bonds. The first-order chi connectivity index (χ1) is 11.9. The Morgan fingerprint density at radius 1 is 1.04 bits per heavy atom. The third-order valence-corrected chi connectivity index (χ3v) is 4.55. The van der Waals surface area contributed by atoms with Crippen molar-refractivity contribution in [1.82, 2.24) is 9.78 Å². The lowest BCUT2D eigenvalue weighted by molar-refractivity contribution is 0.102. The minimum absolute atomic E-state index is 0.317. The van der Waals surface area contributed by atoms with E-state index < -0.39 is 0 Å². The quantitative estimate of drug-likeness (QED) is 0.671. The fourth-order valence-electron chi connectivity index (χ4n) is 2.61. The zero-order valence-electron chi connectivity index (χ0n) is 14.1. The molecule has 0 unspecified atom stereocenters. The average molecular weight is 374 g/mol. The van der Waals surface area contributed by atoms with E-state index in [1.165, 1.54) is 5.56 Å². The molecular weight excluding hydrogens is 357 g/mol. The number of carbonyl (C=O) groups is 1. The monoisotopic (exact) mass is 373 g/mol. The van der Waals surface area contributed by atoms with Gasteiger partial charge in [0.2, 0.25) is 0 Å². The first kappa shape index (κ1) is 17.5. The summed E-state index contributed by atoms with van der Waals surface area (Å²) in [6, 6.07) is 12.8. The number of aryl methyl sites for hydroxylation is 2.